The van der Waals surface area contributed by atoms with Crippen molar-refractivity contribution in [2.24, 2.45) is 0 Å². The van der Waals surface area contributed by atoms with Gasteiger partial charge in [0.2, 0.25) is 9.84 Å². The van der Waals surface area contributed by atoms with Crippen LogP contribution in [0.4, 0.5) is 14.5 Å². The monoisotopic (exact) mass is 364 g/mol. The molecular weight excluding hydrogens is 346 g/mol. The number of fused-ring (bicyclic) bond motifs is 3. The summed E-state index contributed by atoms with van der Waals surface area (Å²) >= 11 is 0. The van der Waals surface area contributed by atoms with Gasteiger partial charge in [0.15, 0.2) is 0 Å². The number of hydrogen-bond donors (Lipinski definition) is 2. The highest BCUT2D eigenvalue weighted by molar-refractivity contribution is 7.91. The van der Waals surface area contributed by atoms with E-state index in [2.05, 4.69) is 10.6 Å². The van der Waals surface area contributed by atoms with Crippen LogP contribution in [0.2, 0.25) is 0 Å². The first-order valence-electron chi connectivity index (χ1n) is 8.27. The smallest absolute Gasteiger partial charge is 0.206 e. The number of benzene rings is 2. The third kappa shape index (κ3) is 2.91. The van der Waals surface area contributed by atoms with Gasteiger partial charge < -0.3 is 10.6 Å². The highest BCUT2D eigenvalue weighted by Gasteiger charge is 2.34. The molecule has 0 saturated carbocycles. The maximum Gasteiger partial charge on any atom is 0.206 e. The molecule has 2 atom stereocenters. The zero-order valence-corrected chi connectivity index (χ0v) is 14.2. The second-order valence-electron chi connectivity index (χ2n) is 6.54. The minimum Gasteiger partial charge on any atom is -0.381 e. The second-order valence-corrected chi connectivity index (χ2v) is 8.49. The van der Waals surface area contributed by atoms with Gasteiger partial charge in [0.1, 0.15) is 11.6 Å². The first-order chi connectivity index (χ1) is 11.9. The summed E-state index contributed by atoms with van der Waals surface area (Å²) in [6.45, 7) is 1.81. The molecule has 1 saturated heterocycles. The molecule has 2 aliphatic rings. The van der Waals surface area contributed by atoms with Crippen molar-refractivity contribution in [3.63, 3.8) is 0 Å². The summed E-state index contributed by atoms with van der Waals surface area (Å²) in [5, 5.41) is 6.81. The van der Waals surface area contributed by atoms with E-state index in [-0.39, 0.29) is 21.8 Å². The summed E-state index contributed by atoms with van der Waals surface area (Å²) in [4.78, 5) is -0.300. The van der Waals surface area contributed by atoms with Gasteiger partial charge in [-0.25, -0.2) is 17.2 Å². The van der Waals surface area contributed by atoms with Gasteiger partial charge in [-0.2, -0.15) is 0 Å². The number of sulfone groups is 1. The highest BCUT2D eigenvalue weighted by atomic mass is 32.2. The molecular formula is C18H18F2N2O2S. The zero-order chi connectivity index (χ0) is 17.6. The molecule has 1 fully saturated rings. The second kappa shape index (κ2) is 6.07. The van der Waals surface area contributed by atoms with E-state index in [1.807, 2.05) is 0 Å². The fraction of sp³-hybridized carbons (Fsp3) is 0.333. The quantitative estimate of drug-likeness (QED) is 0.860. The maximum absolute atomic E-state index is 13.4. The Labute approximate surface area is 145 Å². The molecule has 4 rings (SSSR count). The van der Waals surface area contributed by atoms with Crippen LogP contribution < -0.4 is 10.6 Å². The normalized spacial score (nSPS) is 22.6. The van der Waals surface area contributed by atoms with E-state index < -0.39 is 21.5 Å². The van der Waals surface area contributed by atoms with Crippen LogP contribution in [-0.4, -0.2) is 27.5 Å². The van der Waals surface area contributed by atoms with Crippen LogP contribution in [0.5, 0.6) is 0 Å². The van der Waals surface area contributed by atoms with E-state index in [1.54, 1.807) is 12.1 Å². The van der Waals surface area contributed by atoms with Crippen molar-refractivity contribution in [1.82, 2.24) is 5.32 Å². The summed E-state index contributed by atoms with van der Waals surface area (Å²) in [5.41, 5.74) is 1.91. The van der Waals surface area contributed by atoms with Crippen molar-refractivity contribution in [2.75, 3.05) is 18.4 Å². The van der Waals surface area contributed by atoms with Crippen molar-refractivity contribution in [2.45, 2.75) is 34.6 Å². The van der Waals surface area contributed by atoms with E-state index in [0.717, 1.165) is 49.3 Å². The Hall–Kier alpha value is -1.99. The number of halogens is 2. The molecule has 25 heavy (non-hydrogen) atoms. The number of nitrogens with one attached hydrogen (secondary N) is 2. The fourth-order valence-corrected chi connectivity index (χ4v) is 5.09. The van der Waals surface area contributed by atoms with Gasteiger partial charge in [-0.1, -0.05) is 0 Å². The Bertz CT molecular complexity index is 910. The van der Waals surface area contributed by atoms with Gasteiger partial charge in [-0.05, 0) is 61.8 Å². The van der Waals surface area contributed by atoms with Crippen molar-refractivity contribution < 1.29 is 17.2 Å². The molecule has 2 aromatic rings. The molecule has 2 aromatic carbocycles. The molecule has 0 radical (unpaired) electrons. The van der Waals surface area contributed by atoms with Crippen LogP contribution in [0, 0.1) is 11.6 Å². The summed E-state index contributed by atoms with van der Waals surface area (Å²) in [6.07, 6.45) is 1.89. The number of hydrogen-bond acceptors (Lipinski definition) is 4. The lowest BCUT2D eigenvalue weighted by molar-refractivity contribution is 0.566. The van der Waals surface area contributed by atoms with Gasteiger partial charge in [0.25, 0.3) is 0 Å². The van der Waals surface area contributed by atoms with Gasteiger partial charge in [-0.15, -0.1) is 0 Å². The van der Waals surface area contributed by atoms with Crippen LogP contribution in [-0.2, 0) is 9.84 Å². The molecule has 0 aromatic heterocycles. The topological polar surface area (TPSA) is 58.2 Å². The third-order valence-corrected chi connectivity index (χ3v) is 6.70. The van der Waals surface area contributed by atoms with Gasteiger partial charge in [0.05, 0.1) is 9.79 Å². The summed E-state index contributed by atoms with van der Waals surface area (Å²) in [6, 6.07) is 7.54. The van der Waals surface area contributed by atoms with Gasteiger partial charge in [-0.3, -0.25) is 0 Å². The first kappa shape index (κ1) is 16.5. The number of anilines is 1. The Morgan fingerprint density at radius 2 is 1.64 bits per heavy atom. The maximum atomic E-state index is 13.4. The van der Waals surface area contributed by atoms with Gasteiger partial charge >= 0.3 is 0 Å². The van der Waals surface area contributed by atoms with Crippen molar-refractivity contribution >= 4 is 15.5 Å². The van der Waals surface area contributed by atoms with E-state index in [0.29, 0.717) is 6.07 Å². The Balaban J connectivity index is 1.76. The van der Waals surface area contributed by atoms with E-state index >= 15 is 0 Å². The molecule has 2 heterocycles. The molecule has 2 aliphatic heterocycles. The first-order valence-corrected chi connectivity index (χ1v) is 9.76. The minimum absolute atomic E-state index is 0.0657. The average molecular weight is 364 g/mol. The van der Waals surface area contributed by atoms with Crippen LogP contribution in [0.3, 0.4) is 0 Å². The summed E-state index contributed by atoms with van der Waals surface area (Å²) in [7, 11) is -3.98. The Morgan fingerprint density at radius 3 is 2.40 bits per heavy atom. The SMILES string of the molecule is O=S(=O)(c1cc(F)cc(F)c1)c1ccc2c(c1)[C@@H]1CCNCC[C@H]1N2. The molecule has 0 spiro atoms. The molecule has 2 N–H and O–H groups in total. The Morgan fingerprint density at radius 1 is 0.920 bits per heavy atom. The molecule has 7 heteroatoms. The van der Waals surface area contributed by atoms with E-state index in [9.17, 15) is 17.2 Å². The van der Waals surface area contributed by atoms with Crippen molar-refractivity contribution in [3.8, 4) is 0 Å². The lowest BCUT2D eigenvalue weighted by Crippen LogP contribution is -2.21. The summed E-state index contributed by atoms with van der Waals surface area (Å²) in [5.74, 6) is -1.57. The molecule has 0 unspecified atom stereocenters. The largest absolute Gasteiger partial charge is 0.381 e. The van der Waals surface area contributed by atoms with Crippen LogP contribution >= 0.6 is 0 Å². The Kier molecular flexibility index (Phi) is 4.00. The predicted molar refractivity (Wildman–Crippen MR) is 90.5 cm³/mol. The number of rotatable bonds is 2. The van der Waals surface area contributed by atoms with Crippen LogP contribution in [0.1, 0.15) is 24.3 Å². The minimum atomic E-state index is -3.98. The molecule has 132 valence electrons. The standard InChI is InChI=1S/C18H18F2N2O2S/c19-11-7-12(20)9-14(8-11)25(23,24)13-1-2-17-16(10-13)15-3-5-21-6-4-18(15)22-17/h1-2,7-10,15,18,21-22H,3-6H2/t15-,18+/m0/s1. The van der Waals surface area contributed by atoms with Crippen LogP contribution in [0.15, 0.2) is 46.2 Å². The van der Waals surface area contributed by atoms with E-state index in [1.165, 1.54) is 6.07 Å². The molecule has 0 aliphatic carbocycles. The zero-order valence-electron chi connectivity index (χ0n) is 13.4. The van der Waals surface area contributed by atoms with E-state index in [4.69, 9.17) is 0 Å². The third-order valence-electron chi connectivity index (χ3n) is 4.97. The molecule has 0 bridgehead atoms. The predicted octanol–water partition coefficient (Wildman–Crippen LogP) is 3.06. The molecule has 0 amide bonds. The van der Waals surface area contributed by atoms with Gasteiger partial charge in [0, 0.05) is 23.7 Å². The lowest BCUT2D eigenvalue weighted by Gasteiger charge is -2.16. The molecule has 4 nitrogen and oxygen atoms in total. The average Bonchev–Trinajstić information content (AvgIpc) is 2.74. The van der Waals surface area contributed by atoms with Crippen molar-refractivity contribution in [3.05, 3.63) is 53.6 Å². The highest BCUT2D eigenvalue weighted by Crippen LogP contribution is 2.41. The fourth-order valence-electron chi connectivity index (χ4n) is 3.75. The van der Waals surface area contributed by atoms with Crippen LogP contribution in [0.25, 0.3) is 0 Å². The summed E-state index contributed by atoms with van der Waals surface area (Å²) < 4.78 is 52.5. The van der Waals surface area contributed by atoms with Crippen molar-refractivity contribution in [1.29, 1.82) is 0 Å². The lowest BCUT2D eigenvalue weighted by atomic mass is 9.91.